The second-order valence-electron chi connectivity index (χ2n) is 7.57. The van der Waals surface area contributed by atoms with Crippen LogP contribution in [-0.4, -0.2) is 55.1 Å². The van der Waals surface area contributed by atoms with Gasteiger partial charge in [0.15, 0.2) is 0 Å². The first-order valence-corrected chi connectivity index (χ1v) is 10.0. The largest absolute Gasteiger partial charge is 0.368 e. The van der Waals surface area contributed by atoms with Crippen molar-refractivity contribution in [3.8, 4) is 0 Å². The summed E-state index contributed by atoms with van der Waals surface area (Å²) in [6, 6.07) is 12.7. The van der Waals surface area contributed by atoms with Crippen LogP contribution in [0.5, 0.6) is 0 Å². The van der Waals surface area contributed by atoms with Crippen LogP contribution in [0.2, 0.25) is 0 Å². The van der Waals surface area contributed by atoms with Crippen molar-refractivity contribution >= 4 is 17.3 Å². The maximum atomic E-state index is 12.7. The number of aromatic nitrogens is 1. The highest BCUT2D eigenvalue weighted by molar-refractivity contribution is 5.93. The average Bonchev–Trinajstić information content (AvgIpc) is 2.74. The molecule has 142 valence electrons. The Morgan fingerprint density at radius 3 is 2.19 bits per heavy atom. The molecule has 0 atom stereocenters. The molecule has 0 radical (unpaired) electrons. The van der Waals surface area contributed by atoms with Gasteiger partial charge in [-0.1, -0.05) is 12.1 Å². The summed E-state index contributed by atoms with van der Waals surface area (Å²) < 4.78 is 0. The third kappa shape index (κ3) is 4.07. The van der Waals surface area contributed by atoms with Crippen molar-refractivity contribution in [2.45, 2.75) is 26.2 Å². The molecule has 0 aliphatic carbocycles. The molecule has 2 fully saturated rings. The van der Waals surface area contributed by atoms with E-state index >= 15 is 0 Å². The number of benzene rings is 1. The normalized spacial score (nSPS) is 17.9. The first-order valence-electron chi connectivity index (χ1n) is 10.0. The van der Waals surface area contributed by atoms with Gasteiger partial charge in [0.25, 0.3) is 5.91 Å². The minimum absolute atomic E-state index is 0.0787. The second kappa shape index (κ2) is 7.99. The summed E-state index contributed by atoms with van der Waals surface area (Å²) >= 11 is 0. The van der Waals surface area contributed by atoms with Gasteiger partial charge in [-0.25, -0.2) is 0 Å². The highest BCUT2D eigenvalue weighted by Crippen LogP contribution is 2.22. The van der Waals surface area contributed by atoms with Crippen molar-refractivity contribution in [3.05, 3.63) is 53.9 Å². The van der Waals surface area contributed by atoms with E-state index in [-0.39, 0.29) is 5.91 Å². The summed E-state index contributed by atoms with van der Waals surface area (Å²) in [5.74, 6) is 0.0787. The lowest BCUT2D eigenvalue weighted by Gasteiger charge is -2.37. The van der Waals surface area contributed by atoms with E-state index in [2.05, 4.69) is 46.0 Å². The van der Waals surface area contributed by atoms with Gasteiger partial charge in [-0.15, -0.1) is 0 Å². The fraction of sp³-hybridized carbons (Fsp3) is 0.455. The molecule has 5 heteroatoms. The highest BCUT2D eigenvalue weighted by Gasteiger charge is 2.22. The third-order valence-electron chi connectivity index (χ3n) is 5.62. The highest BCUT2D eigenvalue weighted by atomic mass is 16.2. The molecule has 2 aromatic rings. The van der Waals surface area contributed by atoms with E-state index < -0.39 is 0 Å². The lowest BCUT2D eigenvalue weighted by atomic mass is 10.1. The summed E-state index contributed by atoms with van der Waals surface area (Å²) in [4.78, 5) is 23.8. The van der Waals surface area contributed by atoms with E-state index in [0.29, 0.717) is 5.69 Å². The number of nitrogens with zero attached hydrogens (tertiary/aromatic N) is 4. The first-order chi connectivity index (χ1) is 13.2. The summed E-state index contributed by atoms with van der Waals surface area (Å²) in [5.41, 5.74) is 4.28. The van der Waals surface area contributed by atoms with Gasteiger partial charge in [0.2, 0.25) is 0 Å². The van der Waals surface area contributed by atoms with Crippen molar-refractivity contribution in [1.29, 1.82) is 0 Å². The summed E-state index contributed by atoms with van der Waals surface area (Å²) in [6.45, 7) is 7.74. The fourth-order valence-electron chi connectivity index (χ4n) is 4.04. The van der Waals surface area contributed by atoms with Crippen LogP contribution < -0.4 is 9.80 Å². The van der Waals surface area contributed by atoms with E-state index in [0.717, 1.165) is 57.8 Å². The fourth-order valence-corrected chi connectivity index (χ4v) is 4.04. The number of piperidine rings is 1. The maximum Gasteiger partial charge on any atom is 0.272 e. The molecule has 4 rings (SSSR count). The van der Waals surface area contributed by atoms with Crippen LogP contribution in [0.4, 0.5) is 11.4 Å². The van der Waals surface area contributed by atoms with Crippen molar-refractivity contribution in [2.75, 3.05) is 49.1 Å². The number of pyridine rings is 1. The lowest BCUT2D eigenvalue weighted by Crippen LogP contribution is -2.46. The number of hydrogen-bond acceptors (Lipinski definition) is 4. The molecule has 0 saturated carbocycles. The molecular weight excluding hydrogens is 336 g/mol. The van der Waals surface area contributed by atoms with Gasteiger partial charge < -0.3 is 14.7 Å². The molecule has 5 nitrogen and oxygen atoms in total. The first kappa shape index (κ1) is 17.8. The van der Waals surface area contributed by atoms with Gasteiger partial charge in [0, 0.05) is 56.8 Å². The Morgan fingerprint density at radius 2 is 1.52 bits per heavy atom. The van der Waals surface area contributed by atoms with Gasteiger partial charge in [-0.05, 0) is 56.0 Å². The molecule has 0 N–H and O–H groups in total. The van der Waals surface area contributed by atoms with E-state index in [1.54, 1.807) is 6.20 Å². The summed E-state index contributed by atoms with van der Waals surface area (Å²) in [5, 5.41) is 0. The number of piperazine rings is 1. The third-order valence-corrected chi connectivity index (χ3v) is 5.62. The Labute approximate surface area is 161 Å². The number of amides is 1. The van der Waals surface area contributed by atoms with Crippen molar-refractivity contribution in [1.82, 2.24) is 9.88 Å². The molecule has 0 unspecified atom stereocenters. The zero-order valence-corrected chi connectivity index (χ0v) is 16.1. The van der Waals surface area contributed by atoms with Crippen molar-refractivity contribution < 1.29 is 4.79 Å². The SMILES string of the molecule is Cc1cccc(N2CCN(c3ccnc(C(=O)N4CCCCC4)c3)CC2)c1. The van der Waals surface area contributed by atoms with Gasteiger partial charge in [-0.2, -0.15) is 0 Å². The Morgan fingerprint density at radius 1 is 0.852 bits per heavy atom. The van der Waals surface area contributed by atoms with Crippen LogP contribution in [0.3, 0.4) is 0 Å². The predicted molar refractivity (Wildman–Crippen MR) is 110 cm³/mol. The maximum absolute atomic E-state index is 12.7. The minimum atomic E-state index is 0.0787. The Hall–Kier alpha value is -2.56. The molecule has 1 amide bonds. The molecule has 0 bridgehead atoms. The zero-order chi connectivity index (χ0) is 18.6. The monoisotopic (exact) mass is 364 g/mol. The van der Waals surface area contributed by atoms with E-state index in [9.17, 15) is 4.79 Å². The number of aryl methyl sites for hydroxylation is 1. The minimum Gasteiger partial charge on any atom is -0.368 e. The number of carbonyl (C=O) groups excluding carboxylic acids is 1. The molecule has 3 heterocycles. The quantitative estimate of drug-likeness (QED) is 0.837. The average molecular weight is 364 g/mol. The van der Waals surface area contributed by atoms with Crippen LogP contribution in [0.25, 0.3) is 0 Å². The second-order valence-corrected chi connectivity index (χ2v) is 7.57. The van der Waals surface area contributed by atoms with Crippen LogP contribution in [0, 0.1) is 6.92 Å². The molecular formula is C22H28N4O. The number of hydrogen-bond donors (Lipinski definition) is 0. The standard InChI is InChI=1S/C22H28N4O/c1-18-6-5-7-19(16-18)24-12-14-25(15-13-24)20-8-9-23-21(17-20)22(27)26-10-3-2-4-11-26/h5-9,16-17H,2-4,10-15H2,1H3. The topological polar surface area (TPSA) is 39.7 Å². The van der Waals surface area contributed by atoms with E-state index in [1.165, 1.54) is 17.7 Å². The Balaban J connectivity index is 1.42. The molecule has 1 aromatic carbocycles. The molecule has 27 heavy (non-hydrogen) atoms. The number of anilines is 2. The van der Waals surface area contributed by atoms with Gasteiger partial charge in [0.05, 0.1) is 0 Å². The van der Waals surface area contributed by atoms with Gasteiger partial charge >= 0.3 is 0 Å². The molecule has 0 spiro atoms. The van der Waals surface area contributed by atoms with Crippen molar-refractivity contribution in [2.24, 2.45) is 0 Å². The lowest BCUT2D eigenvalue weighted by molar-refractivity contribution is 0.0718. The molecule has 2 aliphatic rings. The van der Waals surface area contributed by atoms with Gasteiger partial charge in [-0.3, -0.25) is 9.78 Å². The summed E-state index contributed by atoms with van der Waals surface area (Å²) in [6.07, 6.45) is 5.21. The number of rotatable bonds is 3. The predicted octanol–water partition coefficient (Wildman–Crippen LogP) is 3.34. The smallest absolute Gasteiger partial charge is 0.272 e. The van der Waals surface area contributed by atoms with E-state index in [1.807, 2.05) is 17.0 Å². The van der Waals surface area contributed by atoms with Crippen LogP contribution in [0.1, 0.15) is 35.3 Å². The molecule has 2 saturated heterocycles. The van der Waals surface area contributed by atoms with Crippen LogP contribution in [-0.2, 0) is 0 Å². The Bertz CT molecular complexity index is 792. The zero-order valence-electron chi connectivity index (χ0n) is 16.1. The van der Waals surface area contributed by atoms with E-state index in [4.69, 9.17) is 0 Å². The Kier molecular flexibility index (Phi) is 5.28. The van der Waals surface area contributed by atoms with Crippen LogP contribution in [0.15, 0.2) is 42.6 Å². The van der Waals surface area contributed by atoms with Gasteiger partial charge in [0.1, 0.15) is 5.69 Å². The summed E-state index contributed by atoms with van der Waals surface area (Å²) in [7, 11) is 0. The number of likely N-dealkylation sites (tertiary alicyclic amines) is 1. The molecule has 2 aliphatic heterocycles. The molecule has 1 aromatic heterocycles. The van der Waals surface area contributed by atoms with Crippen molar-refractivity contribution in [3.63, 3.8) is 0 Å². The number of carbonyl (C=O) groups is 1. The van der Waals surface area contributed by atoms with Crippen LogP contribution >= 0.6 is 0 Å².